The second-order valence-electron chi connectivity index (χ2n) is 5.19. The first kappa shape index (κ1) is 19.4. The number of esters is 1. The number of rotatable bonds is 7. The molecule has 0 radical (unpaired) electrons. The number of hydrogen-bond donors (Lipinski definition) is 1. The third kappa shape index (κ3) is 6.55. The fourth-order valence-corrected chi connectivity index (χ4v) is 2.45. The minimum Gasteiger partial charge on any atom is -0.452 e. The molecule has 126 valence electrons. The number of amides is 2. The van der Waals surface area contributed by atoms with Crippen molar-refractivity contribution in [3.8, 4) is 0 Å². The second kappa shape index (κ2) is 9.49. The molecule has 0 aromatic heterocycles. The summed E-state index contributed by atoms with van der Waals surface area (Å²) in [4.78, 5) is 37.1. The fraction of sp³-hybridized carbons (Fsp3) is 0.438. The Labute approximate surface area is 149 Å². The van der Waals surface area contributed by atoms with Crippen LogP contribution >= 0.6 is 22.6 Å². The average molecular weight is 432 g/mol. The number of likely N-dealkylation sites (N-methyl/N-ethyl adjacent to an activating group) is 1. The summed E-state index contributed by atoms with van der Waals surface area (Å²) in [7, 11) is 0. The third-order valence-electron chi connectivity index (χ3n) is 2.94. The summed E-state index contributed by atoms with van der Waals surface area (Å²) in [6, 6.07) is 6.98. The predicted molar refractivity (Wildman–Crippen MR) is 95.0 cm³/mol. The predicted octanol–water partition coefficient (Wildman–Crippen LogP) is 1.82. The van der Waals surface area contributed by atoms with Crippen LogP contribution in [0.5, 0.6) is 0 Å². The van der Waals surface area contributed by atoms with Crippen LogP contribution in [-0.4, -0.2) is 48.4 Å². The molecule has 0 atom stereocenters. The molecule has 0 unspecified atom stereocenters. The van der Waals surface area contributed by atoms with Gasteiger partial charge in [0, 0.05) is 16.2 Å². The molecule has 0 bridgehead atoms. The minimum absolute atomic E-state index is 0.00860. The molecular formula is C16H21IN2O4. The highest BCUT2D eigenvalue weighted by atomic mass is 127. The molecule has 1 aromatic carbocycles. The van der Waals surface area contributed by atoms with Crippen molar-refractivity contribution < 1.29 is 19.1 Å². The molecule has 0 saturated heterocycles. The van der Waals surface area contributed by atoms with E-state index in [-0.39, 0.29) is 25.1 Å². The standard InChI is InChI=1S/C16H21IN2O4/c1-4-19(9-14(20)18-11(2)3)15(21)10-23-16(22)12-7-5-6-8-13(12)17/h5-8,11H,4,9-10H2,1-3H3,(H,18,20). The van der Waals surface area contributed by atoms with Crippen LogP contribution in [0.4, 0.5) is 0 Å². The van der Waals surface area contributed by atoms with Crippen molar-refractivity contribution in [2.24, 2.45) is 0 Å². The van der Waals surface area contributed by atoms with Gasteiger partial charge in [-0.15, -0.1) is 0 Å². The molecule has 6 nitrogen and oxygen atoms in total. The second-order valence-corrected chi connectivity index (χ2v) is 6.35. The average Bonchev–Trinajstić information content (AvgIpc) is 2.49. The van der Waals surface area contributed by atoms with Gasteiger partial charge in [-0.3, -0.25) is 9.59 Å². The first-order valence-corrected chi connectivity index (χ1v) is 8.41. The van der Waals surface area contributed by atoms with E-state index < -0.39 is 11.9 Å². The number of ether oxygens (including phenoxy) is 1. The van der Waals surface area contributed by atoms with Crippen molar-refractivity contribution >= 4 is 40.4 Å². The summed E-state index contributed by atoms with van der Waals surface area (Å²) in [5.74, 6) is -1.18. The number of carbonyl (C=O) groups is 3. The lowest BCUT2D eigenvalue weighted by Crippen LogP contribution is -2.44. The normalized spacial score (nSPS) is 10.3. The van der Waals surface area contributed by atoms with Gasteiger partial charge in [-0.2, -0.15) is 0 Å². The lowest BCUT2D eigenvalue weighted by Gasteiger charge is -2.21. The quantitative estimate of drug-likeness (QED) is 0.527. The zero-order valence-electron chi connectivity index (χ0n) is 13.5. The van der Waals surface area contributed by atoms with E-state index in [9.17, 15) is 14.4 Å². The summed E-state index contributed by atoms with van der Waals surface area (Å²) >= 11 is 2.03. The van der Waals surface area contributed by atoms with Gasteiger partial charge in [0.15, 0.2) is 6.61 Å². The number of halogens is 1. The molecule has 23 heavy (non-hydrogen) atoms. The van der Waals surface area contributed by atoms with Gasteiger partial charge in [-0.05, 0) is 55.5 Å². The molecule has 2 amide bonds. The molecule has 1 aromatic rings. The fourth-order valence-electron chi connectivity index (χ4n) is 1.84. The van der Waals surface area contributed by atoms with Crippen molar-refractivity contribution in [2.45, 2.75) is 26.8 Å². The van der Waals surface area contributed by atoms with E-state index in [1.54, 1.807) is 25.1 Å². The van der Waals surface area contributed by atoms with Gasteiger partial charge >= 0.3 is 5.97 Å². The first-order valence-electron chi connectivity index (χ1n) is 7.34. The number of hydrogen-bond acceptors (Lipinski definition) is 4. The zero-order chi connectivity index (χ0) is 17.4. The van der Waals surface area contributed by atoms with Crippen molar-refractivity contribution in [3.05, 3.63) is 33.4 Å². The SMILES string of the molecule is CCN(CC(=O)NC(C)C)C(=O)COC(=O)c1ccccc1I. The van der Waals surface area contributed by atoms with Crippen LogP contribution in [0.1, 0.15) is 31.1 Å². The van der Waals surface area contributed by atoms with E-state index in [1.165, 1.54) is 4.90 Å². The van der Waals surface area contributed by atoms with E-state index >= 15 is 0 Å². The Bertz CT molecular complexity index is 575. The van der Waals surface area contributed by atoms with Gasteiger partial charge < -0.3 is 15.0 Å². The Hall–Kier alpha value is -1.64. The highest BCUT2D eigenvalue weighted by Gasteiger charge is 2.19. The summed E-state index contributed by atoms with van der Waals surface area (Å²) in [5, 5.41) is 2.72. The van der Waals surface area contributed by atoms with E-state index in [0.29, 0.717) is 12.1 Å². The van der Waals surface area contributed by atoms with E-state index in [1.807, 2.05) is 42.5 Å². The van der Waals surface area contributed by atoms with Crippen LogP contribution in [0.3, 0.4) is 0 Å². The van der Waals surface area contributed by atoms with Crippen molar-refractivity contribution in [1.29, 1.82) is 0 Å². The van der Waals surface area contributed by atoms with Crippen molar-refractivity contribution in [1.82, 2.24) is 10.2 Å². The van der Waals surface area contributed by atoms with Crippen LogP contribution in [0.25, 0.3) is 0 Å². The molecule has 0 aliphatic rings. The van der Waals surface area contributed by atoms with Crippen LogP contribution in [0.2, 0.25) is 0 Å². The van der Waals surface area contributed by atoms with Gasteiger partial charge in [0.2, 0.25) is 5.91 Å². The van der Waals surface area contributed by atoms with Gasteiger partial charge in [0.1, 0.15) is 0 Å². The lowest BCUT2D eigenvalue weighted by atomic mass is 10.2. The summed E-state index contributed by atoms with van der Waals surface area (Å²) in [6.07, 6.45) is 0. The molecule has 1 rings (SSSR count). The van der Waals surface area contributed by atoms with E-state index in [4.69, 9.17) is 4.74 Å². The van der Waals surface area contributed by atoms with Crippen molar-refractivity contribution in [2.75, 3.05) is 19.7 Å². The van der Waals surface area contributed by atoms with Crippen LogP contribution in [-0.2, 0) is 14.3 Å². The summed E-state index contributed by atoms with van der Waals surface area (Å²) in [6.45, 7) is 5.40. The largest absolute Gasteiger partial charge is 0.452 e. The number of nitrogens with one attached hydrogen (secondary N) is 1. The molecular weight excluding hydrogens is 411 g/mol. The third-order valence-corrected chi connectivity index (χ3v) is 3.88. The summed E-state index contributed by atoms with van der Waals surface area (Å²) in [5.41, 5.74) is 0.418. The molecule has 0 fully saturated rings. The van der Waals surface area contributed by atoms with Gasteiger partial charge in [0.05, 0.1) is 12.1 Å². The van der Waals surface area contributed by atoms with E-state index in [0.717, 1.165) is 3.57 Å². The lowest BCUT2D eigenvalue weighted by molar-refractivity contribution is -0.138. The highest BCUT2D eigenvalue weighted by molar-refractivity contribution is 14.1. The van der Waals surface area contributed by atoms with Gasteiger partial charge in [0.25, 0.3) is 5.91 Å². The van der Waals surface area contributed by atoms with Gasteiger partial charge in [-0.1, -0.05) is 12.1 Å². The van der Waals surface area contributed by atoms with Crippen molar-refractivity contribution in [3.63, 3.8) is 0 Å². The molecule has 0 aliphatic heterocycles. The number of nitrogens with zero attached hydrogens (tertiary/aromatic N) is 1. The first-order chi connectivity index (χ1) is 10.8. The van der Waals surface area contributed by atoms with Crippen LogP contribution in [0.15, 0.2) is 24.3 Å². The number of benzene rings is 1. The minimum atomic E-state index is -0.550. The monoisotopic (exact) mass is 432 g/mol. The maximum Gasteiger partial charge on any atom is 0.339 e. The highest BCUT2D eigenvalue weighted by Crippen LogP contribution is 2.12. The topological polar surface area (TPSA) is 75.7 Å². The van der Waals surface area contributed by atoms with E-state index in [2.05, 4.69) is 5.32 Å². The molecule has 0 spiro atoms. The molecule has 7 heteroatoms. The van der Waals surface area contributed by atoms with Crippen LogP contribution in [0, 0.1) is 3.57 Å². The number of carbonyl (C=O) groups excluding carboxylic acids is 3. The Morgan fingerprint density at radius 3 is 2.48 bits per heavy atom. The zero-order valence-corrected chi connectivity index (χ0v) is 15.6. The summed E-state index contributed by atoms with van der Waals surface area (Å²) < 4.78 is 5.81. The molecule has 0 heterocycles. The van der Waals surface area contributed by atoms with Gasteiger partial charge in [-0.25, -0.2) is 4.79 Å². The Morgan fingerprint density at radius 1 is 1.26 bits per heavy atom. The maximum atomic E-state index is 12.1. The molecule has 0 saturated carbocycles. The smallest absolute Gasteiger partial charge is 0.339 e. The maximum absolute atomic E-state index is 12.1. The Balaban J connectivity index is 2.55. The Kier molecular flexibility index (Phi) is 8.01. The Morgan fingerprint density at radius 2 is 1.91 bits per heavy atom. The molecule has 1 N–H and O–H groups in total. The van der Waals surface area contributed by atoms with Crippen LogP contribution < -0.4 is 5.32 Å². The molecule has 0 aliphatic carbocycles.